The topological polar surface area (TPSA) is 29.1 Å². The highest BCUT2D eigenvalue weighted by Crippen LogP contribution is 2.60. The third kappa shape index (κ3) is 3.77. The van der Waals surface area contributed by atoms with Crippen LogP contribution in [0, 0.1) is 0 Å². The molecule has 0 aliphatic carbocycles. The smallest absolute Gasteiger partial charge is 0.321 e. The molecular weight excluding hydrogens is 457 g/mol. The highest BCUT2D eigenvalue weighted by molar-refractivity contribution is 5.97. The molecule has 1 aromatic carbocycles. The van der Waals surface area contributed by atoms with Crippen LogP contribution in [0.15, 0.2) is 24.3 Å². The van der Waals surface area contributed by atoms with Gasteiger partial charge < -0.3 is 5.32 Å². The van der Waals surface area contributed by atoms with Crippen LogP contribution in [-0.4, -0.2) is 41.7 Å². The second-order valence-electron chi connectivity index (χ2n) is 5.87. The van der Waals surface area contributed by atoms with Crippen molar-refractivity contribution in [3.05, 3.63) is 29.8 Å². The summed E-state index contributed by atoms with van der Waals surface area (Å²) in [6.45, 7) is 1.63. The van der Waals surface area contributed by atoms with Gasteiger partial charge in [0.2, 0.25) is 0 Å². The maximum absolute atomic E-state index is 13.6. The average Bonchev–Trinajstić information content (AvgIpc) is 2.60. The molecule has 0 aliphatic rings. The van der Waals surface area contributed by atoms with Crippen molar-refractivity contribution in [1.82, 2.24) is 0 Å². The number of alkyl halides is 13. The van der Waals surface area contributed by atoms with E-state index in [1.165, 1.54) is 12.1 Å². The molecule has 1 N–H and O–H groups in total. The van der Waals surface area contributed by atoms with Crippen LogP contribution in [0.4, 0.5) is 62.8 Å². The summed E-state index contributed by atoms with van der Waals surface area (Å²) < 4.78 is 169. The van der Waals surface area contributed by atoms with Gasteiger partial charge in [0, 0.05) is 5.69 Å². The van der Waals surface area contributed by atoms with Gasteiger partial charge in [0.05, 0.1) is 0 Å². The molecule has 0 spiro atoms. The summed E-state index contributed by atoms with van der Waals surface area (Å²) in [7, 11) is 0. The Bertz CT molecular complexity index is 768. The largest absolute Gasteiger partial charge is 0.460 e. The molecule has 2 nitrogen and oxygen atoms in total. The number of amides is 1. The fourth-order valence-electron chi connectivity index (χ4n) is 1.95. The van der Waals surface area contributed by atoms with Crippen LogP contribution in [0.25, 0.3) is 0 Å². The number of nitrogens with one attached hydrogen (secondary N) is 1. The number of hydrogen-bond donors (Lipinski definition) is 1. The molecule has 0 aliphatic heterocycles. The third-order valence-electron chi connectivity index (χ3n) is 3.84. The molecule has 1 aromatic rings. The lowest BCUT2D eigenvalue weighted by Crippen LogP contribution is -2.71. The lowest BCUT2D eigenvalue weighted by molar-refractivity contribution is -0.435. The van der Waals surface area contributed by atoms with Crippen molar-refractivity contribution in [2.45, 2.75) is 49.1 Å². The Labute approximate surface area is 159 Å². The van der Waals surface area contributed by atoms with Crippen molar-refractivity contribution in [3.63, 3.8) is 0 Å². The average molecular weight is 467 g/mol. The van der Waals surface area contributed by atoms with Gasteiger partial charge in [0.15, 0.2) is 0 Å². The van der Waals surface area contributed by atoms with E-state index in [-0.39, 0.29) is 0 Å². The summed E-state index contributed by atoms with van der Waals surface area (Å²) in [6.07, 6.45) is -7.12. The van der Waals surface area contributed by atoms with Crippen molar-refractivity contribution in [1.29, 1.82) is 0 Å². The zero-order valence-corrected chi connectivity index (χ0v) is 14.3. The molecule has 1 rings (SSSR count). The minimum atomic E-state index is -8.05. The Morgan fingerprint density at radius 3 is 1.47 bits per heavy atom. The predicted molar refractivity (Wildman–Crippen MR) is 75.2 cm³/mol. The summed E-state index contributed by atoms with van der Waals surface area (Å²) in [6, 6.07) is 3.99. The van der Waals surface area contributed by atoms with Crippen LogP contribution in [0.3, 0.4) is 0 Å². The van der Waals surface area contributed by atoms with Crippen LogP contribution in [0.1, 0.15) is 12.5 Å². The maximum Gasteiger partial charge on any atom is 0.460 e. The first-order valence-electron chi connectivity index (χ1n) is 7.54. The Morgan fingerprint density at radius 1 is 0.700 bits per heavy atom. The highest BCUT2D eigenvalue weighted by atomic mass is 19.4. The summed E-state index contributed by atoms with van der Waals surface area (Å²) in [4.78, 5) is 11.3. The summed E-state index contributed by atoms with van der Waals surface area (Å²) in [5.74, 6) is -41.7. The van der Waals surface area contributed by atoms with Crippen LogP contribution >= 0.6 is 0 Å². The molecule has 0 fully saturated rings. The second kappa shape index (κ2) is 7.48. The minimum Gasteiger partial charge on any atom is -0.321 e. The Balaban J connectivity index is 3.34. The first kappa shape index (κ1) is 25.8. The molecule has 0 radical (unpaired) electrons. The fourth-order valence-corrected chi connectivity index (χ4v) is 1.95. The van der Waals surface area contributed by atoms with Gasteiger partial charge >= 0.3 is 41.7 Å². The van der Waals surface area contributed by atoms with Gasteiger partial charge in [-0.05, 0) is 24.1 Å². The molecule has 0 saturated heterocycles. The van der Waals surface area contributed by atoms with E-state index in [1.807, 2.05) is 0 Å². The molecular formula is C15H10F13NO. The molecule has 172 valence electrons. The lowest BCUT2D eigenvalue weighted by atomic mass is 9.93. The van der Waals surface area contributed by atoms with Crippen molar-refractivity contribution < 1.29 is 61.9 Å². The normalized spacial score (nSPS) is 14.6. The number of benzene rings is 1. The van der Waals surface area contributed by atoms with Crippen LogP contribution in [-0.2, 0) is 11.2 Å². The quantitative estimate of drug-likeness (QED) is 0.496. The molecule has 0 heterocycles. The summed E-state index contributed by atoms with van der Waals surface area (Å²) in [5, 5.41) is 0.975. The molecule has 30 heavy (non-hydrogen) atoms. The summed E-state index contributed by atoms with van der Waals surface area (Å²) in [5.41, 5.74) is -0.172. The van der Waals surface area contributed by atoms with Gasteiger partial charge in [-0.15, -0.1) is 0 Å². The first-order chi connectivity index (χ1) is 13.2. The van der Waals surface area contributed by atoms with Crippen LogP contribution in [0.5, 0.6) is 0 Å². The monoisotopic (exact) mass is 467 g/mol. The van der Waals surface area contributed by atoms with Gasteiger partial charge in [-0.2, -0.15) is 57.1 Å². The maximum atomic E-state index is 13.6. The number of carbonyl (C=O) groups is 1. The number of aryl methyl sites for hydroxylation is 1. The van der Waals surface area contributed by atoms with E-state index in [1.54, 1.807) is 6.92 Å². The van der Waals surface area contributed by atoms with Crippen LogP contribution in [0.2, 0.25) is 0 Å². The van der Waals surface area contributed by atoms with E-state index in [2.05, 4.69) is 0 Å². The zero-order chi connectivity index (χ0) is 24.0. The molecule has 15 heteroatoms. The number of carbonyl (C=O) groups excluding carboxylic acids is 1. The van der Waals surface area contributed by atoms with Crippen LogP contribution < -0.4 is 5.32 Å². The molecule has 0 unspecified atom stereocenters. The Hall–Kier alpha value is -2.22. The molecule has 0 aromatic heterocycles. The van der Waals surface area contributed by atoms with Crippen molar-refractivity contribution in [2.24, 2.45) is 0 Å². The van der Waals surface area contributed by atoms with E-state index in [0.717, 1.165) is 17.4 Å². The zero-order valence-electron chi connectivity index (χ0n) is 14.3. The number of hydrogen-bond acceptors (Lipinski definition) is 1. The SMILES string of the molecule is CCc1ccc(NC(=O)C(F)(F)C(F)(F)C(F)(F)C(F)(F)C(F)(F)C(F)(F)F)cc1. The van der Waals surface area contributed by atoms with E-state index in [0.29, 0.717) is 12.0 Å². The standard InChI is InChI=1S/C15H10F13NO/c1-2-7-3-5-8(6-4-7)29-9(30)10(16,17)11(18,19)12(20,21)13(22,23)14(24,25)15(26,27)28/h3-6H,2H2,1H3,(H,29,30). The van der Waals surface area contributed by atoms with E-state index in [4.69, 9.17) is 0 Å². The van der Waals surface area contributed by atoms with Gasteiger partial charge in [-0.1, -0.05) is 19.1 Å². The number of anilines is 1. The lowest BCUT2D eigenvalue weighted by Gasteiger charge is -2.39. The molecule has 0 saturated carbocycles. The Morgan fingerprint density at radius 2 is 1.10 bits per heavy atom. The van der Waals surface area contributed by atoms with Gasteiger partial charge in [0.25, 0.3) is 0 Å². The highest BCUT2D eigenvalue weighted by Gasteiger charge is 2.91. The van der Waals surface area contributed by atoms with Gasteiger partial charge in [-0.3, -0.25) is 4.79 Å². The van der Waals surface area contributed by atoms with E-state index < -0.39 is 47.4 Å². The van der Waals surface area contributed by atoms with E-state index in [9.17, 15) is 61.9 Å². The Kier molecular flexibility index (Phi) is 6.44. The minimum absolute atomic E-state index is 0.386. The molecule has 1 amide bonds. The van der Waals surface area contributed by atoms with Crippen molar-refractivity contribution >= 4 is 11.6 Å². The first-order valence-corrected chi connectivity index (χ1v) is 7.54. The fraction of sp³-hybridized carbons (Fsp3) is 0.533. The van der Waals surface area contributed by atoms with Gasteiger partial charge in [-0.25, -0.2) is 0 Å². The predicted octanol–water partition coefficient (Wildman–Crippen LogP) is 5.93. The number of rotatable bonds is 7. The van der Waals surface area contributed by atoms with Crippen molar-refractivity contribution in [3.8, 4) is 0 Å². The van der Waals surface area contributed by atoms with Crippen molar-refractivity contribution in [2.75, 3.05) is 5.32 Å². The second-order valence-corrected chi connectivity index (χ2v) is 5.87. The third-order valence-corrected chi connectivity index (χ3v) is 3.84. The van der Waals surface area contributed by atoms with E-state index >= 15 is 0 Å². The molecule has 0 atom stereocenters. The summed E-state index contributed by atoms with van der Waals surface area (Å²) >= 11 is 0. The van der Waals surface area contributed by atoms with Gasteiger partial charge in [0.1, 0.15) is 0 Å². The molecule has 0 bridgehead atoms. The number of halogens is 13.